The predicted octanol–water partition coefficient (Wildman–Crippen LogP) is 0.867. The Morgan fingerprint density at radius 3 is 2.43 bits per heavy atom. The fraction of sp³-hybridized carbons (Fsp3) is 0.769. The van der Waals surface area contributed by atoms with Gasteiger partial charge in [-0.3, -0.25) is 4.90 Å². The second kappa shape index (κ2) is 6.33. The van der Waals surface area contributed by atoms with E-state index in [0.29, 0.717) is 0 Å². The second-order valence-corrected chi connectivity index (χ2v) is 7.71. The SMILES string of the molecule is CON=C1CN(C(=O)OC(C)(C)C)C(C)C1(C#N)OS(C)(=O)=O. The van der Waals surface area contributed by atoms with E-state index >= 15 is 0 Å². The average Bonchev–Trinajstić information content (AvgIpc) is 2.61. The molecule has 23 heavy (non-hydrogen) atoms. The summed E-state index contributed by atoms with van der Waals surface area (Å²) < 4.78 is 33.3. The monoisotopic (exact) mass is 347 g/mol. The Kier molecular flexibility index (Phi) is 5.28. The number of nitrogens with zero attached hydrogens (tertiary/aromatic N) is 3. The van der Waals surface area contributed by atoms with Gasteiger partial charge in [-0.05, 0) is 27.7 Å². The van der Waals surface area contributed by atoms with Crippen molar-refractivity contribution in [3.8, 4) is 6.07 Å². The summed E-state index contributed by atoms with van der Waals surface area (Å²) in [5.41, 5.74) is -2.72. The average molecular weight is 347 g/mol. The summed E-state index contributed by atoms with van der Waals surface area (Å²) in [5, 5.41) is 13.2. The molecule has 0 aromatic heterocycles. The molecular formula is C13H21N3O6S. The molecule has 2 atom stereocenters. The van der Waals surface area contributed by atoms with Crippen molar-refractivity contribution in [3.63, 3.8) is 0 Å². The van der Waals surface area contributed by atoms with E-state index in [2.05, 4.69) is 9.99 Å². The summed E-state index contributed by atoms with van der Waals surface area (Å²) in [5.74, 6) is 0. The van der Waals surface area contributed by atoms with Gasteiger partial charge in [-0.2, -0.15) is 13.7 Å². The van der Waals surface area contributed by atoms with Crippen LogP contribution in [0.25, 0.3) is 0 Å². The Morgan fingerprint density at radius 2 is 2.04 bits per heavy atom. The van der Waals surface area contributed by atoms with Gasteiger partial charge in [0.1, 0.15) is 24.5 Å². The molecule has 130 valence electrons. The summed E-state index contributed by atoms with van der Waals surface area (Å²) in [6, 6.07) is 0.866. The van der Waals surface area contributed by atoms with Crippen molar-refractivity contribution in [1.82, 2.24) is 4.90 Å². The van der Waals surface area contributed by atoms with Crippen LogP contribution in [0.3, 0.4) is 0 Å². The molecule has 0 radical (unpaired) electrons. The van der Waals surface area contributed by atoms with Crippen LogP contribution in [-0.4, -0.2) is 62.3 Å². The number of likely N-dealkylation sites (tertiary alicyclic amines) is 1. The number of carbonyl (C=O) groups is 1. The fourth-order valence-corrected chi connectivity index (χ4v) is 2.91. The number of amides is 1. The molecule has 1 amide bonds. The Labute approximate surface area is 135 Å². The second-order valence-electron chi connectivity index (χ2n) is 6.14. The van der Waals surface area contributed by atoms with Gasteiger partial charge in [-0.1, -0.05) is 5.16 Å². The zero-order valence-electron chi connectivity index (χ0n) is 14.0. The molecule has 0 bridgehead atoms. The van der Waals surface area contributed by atoms with Gasteiger partial charge in [0.15, 0.2) is 0 Å². The van der Waals surface area contributed by atoms with Gasteiger partial charge >= 0.3 is 6.09 Å². The van der Waals surface area contributed by atoms with Crippen LogP contribution in [0.2, 0.25) is 0 Å². The lowest BCUT2D eigenvalue weighted by Crippen LogP contribution is -2.50. The Bertz CT molecular complexity index is 646. The summed E-state index contributed by atoms with van der Waals surface area (Å²) in [4.78, 5) is 18.1. The maximum absolute atomic E-state index is 12.3. The van der Waals surface area contributed by atoms with Crippen molar-refractivity contribution >= 4 is 21.9 Å². The van der Waals surface area contributed by atoms with Crippen LogP contribution in [0, 0.1) is 11.3 Å². The van der Waals surface area contributed by atoms with Crippen molar-refractivity contribution in [2.24, 2.45) is 5.16 Å². The highest BCUT2D eigenvalue weighted by Crippen LogP contribution is 2.32. The van der Waals surface area contributed by atoms with Gasteiger partial charge in [0.25, 0.3) is 10.1 Å². The highest BCUT2D eigenvalue weighted by atomic mass is 32.2. The number of ether oxygens (including phenoxy) is 1. The Hall–Kier alpha value is -1.86. The van der Waals surface area contributed by atoms with Crippen molar-refractivity contribution in [3.05, 3.63) is 0 Å². The van der Waals surface area contributed by atoms with Crippen molar-refractivity contribution in [2.45, 2.75) is 44.9 Å². The third-order valence-corrected chi connectivity index (χ3v) is 3.65. The number of hydrogen-bond donors (Lipinski definition) is 0. The lowest BCUT2D eigenvalue weighted by Gasteiger charge is -2.30. The fourth-order valence-electron chi connectivity index (χ4n) is 2.16. The van der Waals surface area contributed by atoms with Crippen LogP contribution in [0.15, 0.2) is 5.16 Å². The molecule has 0 spiro atoms. The molecule has 9 nitrogen and oxygen atoms in total. The maximum atomic E-state index is 12.3. The van der Waals surface area contributed by atoms with E-state index in [-0.39, 0.29) is 12.3 Å². The number of hydrogen-bond acceptors (Lipinski definition) is 8. The molecule has 10 heteroatoms. The molecule has 0 aromatic rings. The minimum absolute atomic E-state index is 0.0220. The van der Waals surface area contributed by atoms with Gasteiger partial charge in [-0.15, -0.1) is 0 Å². The molecule has 1 aliphatic heterocycles. The zero-order valence-corrected chi connectivity index (χ0v) is 14.8. The van der Waals surface area contributed by atoms with Crippen molar-refractivity contribution < 1.29 is 27.0 Å². The Morgan fingerprint density at radius 1 is 1.48 bits per heavy atom. The molecule has 1 saturated heterocycles. The maximum Gasteiger partial charge on any atom is 0.411 e. The van der Waals surface area contributed by atoms with E-state index in [1.54, 1.807) is 26.8 Å². The van der Waals surface area contributed by atoms with Gasteiger partial charge in [0.05, 0.1) is 18.8 Å². The smallest absolute Gasteiger partial charge is 0.411 e. The lowest BCUT2D eigenvalue weighted by atomic mass is 9.96. The largest absolute Gasteiger partial charge is 0.444 e. The molecule has 1 fully saturated rings. The highest BCUT2D eigenvalue weighted by molar-refractivity contribution is 7.86. The van der Waals surface area contributed by atoms with Gasteiger partial charge in [0.2, 0.25) is 5.60 Å². The molecule has 0 aromatic carbocycles. The number of rotatable bonds is 3. The lowest BCUT2D eigenvalue weighted by molar-refractivity contribution is 0.0150. The van der Waals surface area contributed by atoms with Crippen molar-refractivity contribution in [2.75, 3.05) is 19.9 Å². The molecule has 1 heterocycles. The summed E-state index contributed by atoms with van der Waals surface area (Å²) in [6.45, 7) is 6.42. The standard InChI is InChI=1S/C13H21N3O6S/c1-9-13(8-14,22-23(6,18)19)10(15-20-5)7-16(9)11(17)21-12(2,3)4/h9H,7H2,1-6H3. The van der Waals surface area contributed by atoms with E-state index in [9.17, 15) is 18.5 Å². The molecule has 1 aliphatic rings. The predicted molar refractivity (Wildman–Crippen MR) is 81.1 cm³/mol. The van der Waals surface area contributed by atoms with E-state index in [0.717, 1.165) is 6.26 Å². The van der Waals surface area contributed by atoms with Crippen LogP contribution < -0.4 is 0 Å². The first-order valence-electron chi connectivity index (χ1n) is 6.78. The first-order chi connectivity index (χ1) is 10.4. The third kappa shape index (κ3) is 4.33. The third-order valence-electron chi connectivity index (χ3n) is 3.08. The molecule has 0 N–H and O–H groups in total. The molecular weight excluding hydrogens is 326 g/mol. The van der Waals surface area contributed by atoms with Crippen molar-refractivity contribution in [1.29, 1.82) is 5.26 Å². The minimum Gasteiger partial charge on any atom is -0.444 e. The Balaban J connectivity index is 3.28. The van der Waals surface area contributed by atoms with Crippen LogP contribution in [0.5, 0.6) is 0 Å². The van der Waals surface area contributed by atoms with Crippen LogP contribution in [-0.2, 0) is 23.9 Å². The number of nitriles is 1. The zero-order chi connectivity index (χ0) is 18.1. The molecule has 1 rings (SSSR count). The summed E-state index contributed by atoms with van der Waals surface area (Å²) in [6.07, 6.45) is 0.113. The first kappa shape index (κ1) is 19.2. The van der Waals surface area contributed by atoms with E-state index < -0.39 is 33.5 Å². The van der Waals surface area contributed by atoms with E-state index in [1.807, 2.05) is 0 Å². The quantitative estimate of drug-likeness (QED) is 0.549. The minimum atomic E-state index is -3.98. The first-order valence-corrected chi connectivity index (χ1v) is 8.60. The van der Waals surface area contributed by atoms with E-state index in [4.69, 9.17) is 8.92 Å². The van der Waals surface area contributed by atoms with Crippen LogP contribution in [0.1, 0.15) is 27.7 Å². The van der Waals surface area contributed by atoms with Crippen LogP contribution >= 0.6 is 0 Å². The molecule has 0 aliphatic carbocycles. The van der Waals surface area contributed by atoms with E-state index in [1.165, 1.54) is 18.9 Å². The molecule has 0 saturated carbocycles. The van der Waals surface area contributed by atoms with Gasteiger partial charge < -0.3 is 9.57 Å². The number of oxime groups is 1. The highest BCUT2D eigenvalue weighted by Gasteiger charge is 2.57. The summed E-state index contributed by atoms with van der Waals surface area (Å²) in [7, 11) is -2.74. The number of carbonyl (C=O) groups excluding carboxylic acids is 1. The normalized spacial score (nSPS) is 26.9. The summed E-state index contributed by atoms with van der Waals surface area (Å²) >= 11 is 0. The van der Waals surface area contributed by atoms with Gasteiger partial charge in [-0.25, -0.2) is 8.98 Å². The topological polar surface area (TPSA) is 118 Å². The van der Waals surface area contributed by atoms with Crippen LogP contribution in [0.4, 0.5) is 4.79 Å². The van der Waals surface area contributed by atoms with Gasteiger partial charge in [0, 0.05) is 0 Å². The molecule has 2 unspecified atom stereocenters.